The van der Waals surface area contributed by atoms with E-state index < -0.39 is 0 Å². The van der Waals surface area contributed by atoms with Crippen LogP contribution in [0, 0.1) is 0 Å². The van der Waals surface area contributed by atoms with Gasteiger partial charge in [0.15, 0.2) is 0 Å². The van der Waals surface area contributed by atoms with Gasteiger partial charge in [0, 0.05) is 36.3 Å². The van der Waals surface area contributed by atoms with Crippen molar-refractivity contribution in [2.45, 2.75) is 50.9 Å². The van der Waals surface area contributed by atoms with Gasteiger partial charge in [-0.25, -0.2) is 0 Å². The first-order chi connectivity index (χ1) is 12.9. The Kier molecular flexibility index (Phi) is 5.72. The van der Waals surface area contributed by atoms with Gasteiger partial charge >= 0.3 is 0 Å². The van der Waals surface area contributed by atoms with E-state index in [1.807, 2.05) is 24.3 Å². The predicted molar refractivity (Wildman–Crippen MR) is 104 cm³/mol. The number of hydrogen-bond acceptors (Lipinski definition) is 4. The molecular weight excluding hydrogens is 324 g/mol. The smallest absolute Gasteiger partial charge is 0.123 e. The Labute approximate surface area is 155 Å². The van der Waals surface area contributed by atoms with Crippen molar-refractivity contribution in [2.24, 2.45) is 0 Å². The van der Waals surface area contributed by atoms with Crippen molar-refractivity contribution in [1.29, 1.82) is 0 Å². The first kappa shape index (κ1) is 17.4. The Balaban J connectivity index is 1.56. The summed E-state index contributed by atoms with van der Waals surface area (Å²) in [7, 11) is 0. The molecule has 4 rings (SSSR count). The molecular formula is C22H28N2O2. The Hall–Kier alpha value is -2.04. The van der Waals surface area contributed by atoms with Crippen LogP contribution in [0.4, 0.5) is 0 Å². The van der Waals surface area contributed by atoms with Crippen molar-refractivity contribution in [1.82, 2.24) is 10.6 Å². The highest BCUT2D eigenvalue weighted by Crippen LogP contribution is 2.24. The van der Waals surface area contributed by atoms with Gasteiger partial charge in [-0.1, -0.05) is 49.2 Å². The summed E-state index contributed by atoms with van der Waals surface area (Å²) >= 11 is 0. The summed E-state index contributed by atoms with van der Waals surface area (Å²) in [4.78, 5) is 0. The Bertz CT molecular complexity index is 657. The SMILES string of the molecule is c1ccc2c(c1)CNC1CCCCC1NCc1ccccc1OCCO2. The van der Waals surface area contributed by atoms with Crippen LogP contribution in [0.25, 0.3) is 0 Å². The van der Waals surface area contributed by atoms with Gasteiger partial charge in [0.25, 0.3) is 0 Å². The van der Waals surface area contributed by atoms with Crippen LogP contribution in [0.5, 0.6) is 11.5 Å². The van der Waals surface area contributed by atoms with E-state index in [1.54, 1.807) is 0 Å². The number of fused-ring (bicyclic) bond motifs is 3. The van der Waals surface area contributed by atoms with Crippen molar-refractivity contribution in [3.8, 4) is 11.5 Å². The summed E-state index contributed by atoms with van der Waals surface area (Å²) in [5, 5.41) is 7.56. The first-order valence-electron chi connectivity index (χ1n) is 9.78. The lowest BCUT2D eigenvalue weighted by atomic mass is 9.90. The Morgan fingerprint density at radius 2 is 1.12 bits per heavy atom. The molecule has 1 fully saturated rings. The Morgan fingerprint density at radius 3 is 1.62 bits per heavy atom. The van der Waals surface area contributed by atoms with Crippen LogP contribution in [0.3, 0.4) is 0 Å². The number of benzene rings is 2. The van der Waals surface area contributed by atoms with E-state index in [0.29, 0.717) is 25.3 Å². The van der Waals surface area contributed by atoms with Crippen LogP contribution in [-0.2, 0) is 13.1 Å². The van der Waals surface area contributed by atoms with E-state index >= 15 is 0 Å². The van der Waals surface area contributed by atoms with E-state index in [2.05, 4.69) is 34.9 Å². The molecule has 2 aliphatic rings. The molecule has 4 heteroatoms. The van der Waals surface area contributed by atoms with Crippen molar-refractivity contribution >= 4 is 0 Å². The lowest BCUT2D eigenvalue weighted by Crippen LogP contribution is -2.49. The average molecular weight is 352 g/mol. The van der Waals surface area contributed by atoms with Crippen LogP contribution in [0.2, 0.25) is 0 Å². The second-order valence-corrected chi connectivity index (χ2v) is 7.17. The molecule has 0 radical (unpaired) electrons. The van der Waals surface area contributed by atoms with E-state index in [9.17, 15) is 0 Å². The number of ether oxygens (including phenoxy) is 2. The zero-order chi connectivity index (χ0) is 17.6. The van der Waals surface area contributed by atoms with Crippen molar-refractivity contribution in [3.05, 3.63) is 59.7 Å². The van der Waals surface area contributed by atoms with E-state index in [-0.39, 0.29) is 0 Å². The van der Waals surface area contributed by atoms with Gasteiger partial charge in [0.05, 0.1) is 0 Å². The normalized spacial score (nSPS) is 24.0. The molecule has 0 saturated heterocycles. The third-order valence-corrected chi connectivity index (χ3v) is 5.42. The van der Waals surface area contributed by atoms with Gasteiger partial charge < -0.3 is 20.1 Å². The van der Waals surface area contributed by atoms with Crippen LogP contribution in [0.1, 0.15) is 36.8 Å². The highest BCUT2D eigenvalue weighted by atomic mass is 16.5. The topological polar surface area (TPSA) is 42.5 Å². The van der Waals surface area contributed by atoms with Gasteiger partial charge in [-0.3, -0.25) is 0 Å². The fourth-order valence-corrected chi connectivity index (χ4v) is 3.99. The fraction of sp³-hybridized carbons (Fsp3) is 0.455. The molecule has 2 atom stereocenters. The molecule has 4 nitrogen and oxygen atoms in total. The quantitative estimate of drug-likeness (QED) is 0.759. The van der Waals surface area contributed by atoms with Crippen LogP contribution in [-0.4, -0.2) is 25.3 Å². The largest absolute Gasteiger partial charge is 0.490 e. The summed E-state index contributed by atoms with van der Waals surface area (Å²) in [6.45, 7) is 2.78. The zero-order valence-corrected chi connectivity index (χ0v) is 15.2. The number of hydrogen-bond donors (Lipinski definition) is 2. The minimum absolute atomic E-state index is 0.493. The van der Waals surface area contributed by atoms with E-state index in [0.717, 1.165) is 24.6 Å². The van der Waals surface area contributed by atoms with Crippen molar-refractivity contribution in [3.63, 3.8) is 0 Å². The molecule has 26 heavy (non-hydrogen) atoms. The maximum absolute atomic E-state index is 6.00. The van der Waals surface area contributed by atoms with Crippen molar-refractivity contribution < 1.29 is 9.47 Å². The second-order valence-electron chi connectivity index (χ2n) is 7.17. The summed E-state index contributed by atoms with van der Waals surface area (Å²) in [6, 6.07) is 17.6. The van der Waals surface area contributed by atoms with Gasteiger partial charge in [-0.05, 0) is 25.0 Å². The highest BCUT2D eigenvalue weighted by Gasteiger charge is 2.25. The third-order valence-electron chi connectivity index (χ3n) is 5.42. The second kappa shape index (κ2) is 8.56. The van der Waals surface area contributed by atoms with E-state index in [1.165, 1.54) is 36.8 Å². The molecule has 1 aliphatic heterocycles. The van der Waals surface area contributed by atoms with Gasteiger partial charge in [0.1, 0.15) is 24.7 Å². The fourth-order valence-electron chi connectivity index (χ4n) is 3.99. The van der Waals surface area contributed by atoms with Crippen molar-refractivity contribution in [2.75, 3.05) is 13.2 Å². The minimum atomic E-state index is 0.493. The summed E-state index contributed by atoms with van der Waals surface area (Å²) in [5.41, 5.74) is 2.43. The highest BCUT2D eigenvalue weighted by molar-refractivity contribution is 5.34. The summed E-state index contributed by atoms with van der Waals surface area (Å²) in [6.07, 6.45) is 5.04. The maximum Gasteiger partial charge on any atom is 0.123 e. The standard InChI is InChI=1S/C22H28N2O2/c1-5-11-21-17(7-1)15-23-19-9-3-4-10-20(19)24-16-18-8-2-6-12-22(18)26-14-13-25-21/h1-2,5-8,11-12,19-20,23-24H,3-4,9-10,13-16H2. The minimum Gasteiger partial charge on any atom is -0.490 e. The van der Waals surface area contributed by atoms with Crippen LogP contribution < -0.4 is 20.1 Å². The van der Waals surface area contributed by atoms with Gasteiger partial charge in [0.2, 0.25) is 0 Å². The molecule has 2 aromatic carbocycles. The third kappa shape index (κ3) is 4.19. The van der Waals surface area contributed by atoms with Gasteiger partial charge in [-0.2, -0.15) is 0 Å². The lowest BCUT2D eigenvalue weighted by Gasteiger charge is -2.33. The molecule has 0 bridgehead atoms. The zero-order valence-electron chi connectivity index (χ0n) is 15.2. The molecule has 0 spiro atoms. The average Bonchev–Trinajstić information content (AvgIpc) is 2.69. The molecule has 1 heterocycles. The number of rotatable bonds is 0. The summed E-state index contributed by atoms with van der Waals surface area (Å²) in [5.74, 6) is 1.91. The molecule has 1 saturated carbocycles. The molecule has 138 valence electrons. The number of nitrogens with one attached hydrogen (secondary N) is 2. The molecule has 2 aromatic rings. The maximum atomic E-state index is 6.00. The molecule has 2 unspecified atom stereocenters. The van der Waals surface area contributed by atoms with Crippen LogP contribution >= 0.6 is 0 Å². The molecule has 2 N–H and O–H groups in total. The van der Waals surface area contributed by atoms with E-state index in [4.69, 9.17) is 9.47 Å². The predicted octanol–water partition coefficient (Wildman–Crippen LogP) is 3.65. The monoisotopic (exact) mass is 352 g/mol. The molecule has 1 aliphatic carbocycles. The molecule has 0 amide bonds. The van der Waals surface area contributed by atoms with Gasteiger partial charge in [-0.15, -0.1) is 0 Å². The summed E-state index contributed by atoms with van der Waals surface area (Å²) < 4.78 is 12.0. The number of para-hydroxylation sites is 2. The first-order valence-corrected chi connectivity index (χ1v) is 9.78. The lowest BCUT2D eigenvalue weighted by molar-refractivity contribution is 0.211. The Morgan fingerprint density at radius 1 is 0.654 bits per heavy atom. The van der Waals surface area contributed by atoms with Crippen LogP contribution in [0.15, 0.2) is 48.5 Å². The molecule has 0 aromatic heterocycles.